The minimum absolute atomic E-state index is 0.0639. The van der Waals surface area contributed by atoms with Gasteiger partial charge in [0.05, 0.1) is 5.56 Å². The van der Waals surface area contributed by atoms with Crippen molar-refractivity contribution in [3.8, 4) is 0 Å². The van der Waals surface area contributed by atoms with Crippen molar-refractivity contribution in [2.75, 3.05) is 0 Å². The van der Waals surface area contributed by atoms with E-state index < -0.39 is 29.4 Å². The monoisotopic (exact) mass is 193 g/mol. The second-order valence-electron chi connectivity index (χ2n) is 2.16. The van der Waals surface area contributed by atoms with E-state index in [2.05, 4.69) is 4.98 Å². The first-order valence-corrected chi connectivity index (χ1v) is 3.15. The molecule has 0 aliphatic carbocycles. The zero-order valence-corrected chi connectivity index (χ0v) is 6.10. The fourth-order valence-electron chi connectivity index (χ4n) is 0.756. The van der Waals surface area contributed by atoms with Gasteiger partial charge in [-0.3, -0.25) is 4.79 Å². The van der Waals surface area contributed by atoms with Crippen LogP contribution in [0.1, 0.15) is 22.5 Å². The third-order valence-electron chi connectivity index (χ3n) is 1.32. The van der Waals surface area contributed by atoms with E-state index >= 15 is 0 Å². The van der Waals surface area contributed by atoms with Gasteiger partial charge in [0.15, 0.2) is 12.1 Å². The molecule has 1 aromatic rings. The Labute approximate surface area is 70.2 Å². The van der Waals surface area contributed by atoms with Gasteiger partial charge in [0, 0.05) is 0 Å². The Hall–Kier alpha value is -1.46. The summed E-state index contributed by atoms with van der Waals surface area (Å²) in [5.41, 5.74) is -1.72. The predicted octanol–water partition coefficient (Wildman–Crippen LogP) is 2.11. The second-order valence-corrected chi connectivity index (χ2v) is 2.16. The number of rotatable bonds is 2. The Kier molecular flexibility index (Phi) is 2.60. The number of alkyl halides is 2. The molecule has 1 rings (SSSR count). The SMILES string of the molecule is O=Cc1cc(C(F)F)c(F)c(F)n1. The lowest BCUT2D eigenvalue weighted by atomic mass is 10.2. The Morgan fingerprint density at radius 1 is 1.38 bits per heavy atom. The largest absolute Gasteiger partial charge is 0.296 e. The van der Waals surface area contributed by atoms with Crippen LogP contribution in [0.5, 0.6) is 0 Å². The smallest absolute Gasteiger partial charge is 0.266 e. The Morgan fingerprint density at radius 3 is 2.46 bits per heavy atom. The van der Waals surface area contributed by atoms with E-state index in [4.69, 9.17) is 0 Å². The van der Waals surface area contributed by atoms with Crippen LogP contribution in [-0.4, -0.2) is 11.3 Å². The molecule has 0 amide bonds. The number of hydrogen-bond donors (Lipinski definition) is 0. The van der Waals surface area contributed by atoms with Gasteiger partial charge < -0.3 is 0 Å². The lowest BCUT2D eigenvalue weighted by Gasteiger charge is -2.02. The van der Waals surface area contributed by atoms with Crippen molar-refractivity contribution in [1.82, 2.24) is 4.98 Å². The molecule has 0 unspecified atom stereocenters. The number of carbonyl (C=O) groups is 1. The molecule has 2 nitrogen and oxygen atoms in total. The quantitative estimate of drug-likeness (QED) is 0.409. The molecule has 6 heteroatoms. The summed E-state index contributed by atoms with van der Waals surface area (Å²) in [6, 6.07) is 0.510. The van der Waals surface area contributed by atoms with Gasteiger partial charge in [-0.15, -0.1) is 0 Å². The summed E-state index contributed by atoms with van der Waals surface area (Å²) in [5, 5.41) is 0. The van der Waals surface area contributed by atoms with Crippen LogP contribution < -0.4 is 0 Å². The number of hydrogen-bond acceptors (Lipinski definition) is 2. The van der Waals surface area contributed by atoms with Gasteiger partial charge in [0.2, 0.25) is 5.95 Å². The predicted molar refractivity (Wildman–Crippen MR) is 34.5 cm³/mol. The maximum atomic E-state index is 12.5. The van der Waals surface area contributed by atoms with E-state index in [0.29, 0.717) is 6.07 Å². The number of halogens is 4. The van der Waals surface area contributed by atoms with Crippen molar-refractivity contribution >= 4 is 6.29 Å². The molecular formula is C7H3F4NO. The summed E-state index contributed by atoms with van der Waals surface area (Å²) in [6.45, 7) is 0. The topological polar surface area (TPSA) is 30.0 Å². The maximum Gasteiger partial charge on any atom is 0.266 e. The average molecular weight is 193 g/mol. The Bertz CT molecular complexity index is 340. The average Bonchev–Trinajstić information content (AvgIpc) is 2.09. The minimum atomic E-state index is -3.17. The standard InChI is InChI=1S/C7H3F4NO/c8-5-4(6(9)10)1-3(2-13)12-7(5)11/h1-2,6H. The van der Waals surface area contributed by atoms with Crippen LogP contribution in [0.3, 0.4) is 0 Å². The third kappa shape index (κ3) is 1.82. The van der Waals surface area contributed by atoms with Gasteiger partial charge in [-0.1, -0.05) is 0 Å². The van der Waals surface area contributed by atoms with E-state index in [1.165, 1.54) is 0 Å². The van der Waals surface area contributed by atoms with Crippen LogP contribution in [0.4, 0.5) is 17.6 Å². The minimum Gasteiger partial charge on any atom is -0.296 e. The Balaban J connectivity index is 3.32. The van der Waals surface area contributed by atoms with Crippen molar-refractivity contribution in [3.63, 3.8) is 0 Å². The van der Waals surface area contributed by atoms with E-state index in [9.17, 15) is 22.4 Å². The Morgan fingerprint density at radius 2 is 2.00 bits per heavy atom. The van der Waals surface area contributed by atoms with Gasteiger partial charge in [0.1, 0.15) is 5.69 Å². The number of aldehydes is 1. The molecule has 1 aromatic heterocycles. The van der Waals surface area contributed by atoms with Crippen molar-refractivity contribution in [2.24, 2.45) is 0 Å². The first-order valence-electron chi connectivity index (χ1n) is 3.15. The summed E-state index contributed by atoms with van der Waals surface area (Å²) in [7, 11) is 0. The molecule has 0 saturated carbocycles. The highest BCUT2D eigenvalue weighted by Gasteiger charge is 2.19. The molecule has 1 heterocycles. The molecule has 0 aliphatic rings. The molecular weight excluding hydrogens is 190 g/mol. The molecule has 70 valence electrons. The first-order chi connectivity index (χ1) is 6.06. The molecule has 0 radical (unpaired) electrons. The van der Waals surface area contributed by atoms with E-state index in [1.54, 1.807) is 0 Å². The number of carbonyl (C=O) groups excluding carboxylic acids is 1. The lowest BCUT2D eigenvalue weighted by Crippen LogP contribution is -2.01. The van der Waals surface area contributed by atoms with Crippen LogP contribution in [0.2, 0.25) is 0 Å². The highest BCUT2D eigenvalue weighted by Crippen LogP contribution is 2.23. The number of aromatic nitrogens is 1. The maximum absolute atomic E-state index is 12.5. The third-order valence-corrected chi connectivity index (χ3v) is 1.32. The fraction of sp³-hybridized carbons (Fsp3) is 0.143. The number of nitrogens with zero attached hydrogens (tertiary/aromatic N) is 1. The van der Waals surface area contributed by atoms with Gasteiger partial charge in [-0.2, -0.15) is 4.39 Å². The molecule has 0 spiro atoms. The summed E-state index contributed by atoms with van der Waals surface area (Å²) in [6.07, 6.45) is -3.11. The van der Waals surface area contributed by atoms with E-state index in [1.807, 2.05) is 0 Å². The zero-order valence-electron chi connectivity index (χ0n) is 6.10. The van der Waals surface area contributed by atoms with Crippen LogP contribution in [0.15, 0.2) is 6.07 Å². The second kappa shape index (κ2) is 3.51. The summed E-state index contributed by atoms with van der Waals surface area (Å²) in [5.74, 6) is -3.42. The van der Waals surface area contributed by atoms with Gasteiger partial charge in [-0.05, 0) is 6.07 Å². The number of pyridine rings is 1. The van der Waals surface area contributed by atoms with E-state index in [-0.39, 0.29) is 6.29 Å². The summed E-state index contributed by atoms with van der Waals surface area (Å²) < 4.78 is 48.9. The molecule has 0 aromatic carbocycles. The fourth-order valence-corrected chi connectivity index (χ4v) is 0.756. The molecule has 0 aliphatic heterocycles. The lowest BCUT2D eigenvalue weighted by molar-refractivity contribution is 0.111. The van der Waals surface area contributed by atoms with Crippen molar-refractivity contribution in [2.45, 2.75) is 6.43 Å². The van der Waals surface area contributed by atoms with Crippen LogP contribution in [0.25, 0.3) is 0 Å². The summed E-state index contributed by atoms with van der Waals surface area (Å²) >= 11 is 0. The highest BCUT2D eigenvalue weighted by molar-refractivity contribution is 5.71. The van der Waals surface area contributed by atoms with Crippen molar-refractivity contribution in [3.05, 3.63) is 29.1 Å². The van der Waals surface area contributed by atoms with Crippen LogP contribution in [0, 0.1) is 11.8 Å². The van der Waals surface area contributed by atoms with Crippen molar-refractivity contribution in [1.29, 1.82) is 0 Å². The molecule has 0 fully saturated rings. The summed E-state index contributed by atoms with van der Waals surface area (Å²) in [4.78, 5) is 12.8. The molecule has 0 N–H and O–H groups in total. The normalized spacial score (nSPS) is 10.5. The van der Waals surface area contributed by atoms with Crippen LogP contribution in [-0.2, 0) is 0 Å². The first kappa shape index (κ1) is 9.63. The van der Waals surface area contributed by atoms with Crippen LogP contribution >= 0.6 is 0 Å². The molecule has 0 bridgehead atoms. The highest BCUT2D eigenvalue weighted by atomic mass is 19.3. The van der Waals surface area contributed by atoms with Crippen molar-refractivity contribution < 1.29 is 22.4 Å². The molecule has 0 atom stereocenters. The van der Waals surface area contributed by atoms with Gasteiger partial charge in [-0.25, -0.2) is 18.2 Å². The zero-order chi connectivity index (χ0) is 10.0. The van der Waals surface area contributed by atoms with Gasteiger partial charge >= 0.3 is 0 Å². The molecule has 0 saturated heterocycles. The molecule has 13 heavy (non-hydrogen) atoms. The van der Waals surface area contributed by atoms with E-state index in [0.717, 1.165) is 0 Å². The van der Waals surface area contributed by atoms with Gasteiger partial charge in [0.25, 0.3) is 6.43 Å².